The van der Waals surface area contributed by atoms with Crippen molar-refractivity contribution in [3.63, 3.8) is 0 Å². The second-order valence-corrected chi connectivity index (χ2v) is 6.97. The summed E-state index contributed by atoms with van der Waals surface area (Å²) in [5.74, 6) is 0.168. The van der Waals surface area contributed by atoms with E-state index in [1.165, 1.54) is 0 Å². The summed E-state index contributed by atoms with van der Waals surface area (Å²) in [7, 11) is 0. The maximum absolute atomic E-state index is 12.4. The molecule has 0 bridgehead atoms. The van der Waals surface area contributed by atoms with Crippen molar-refractivity contribution in [2.45, 2.75) is 38.1 Å². The third kappa shape index (κ3) is 5.11. The van der Waals surface area contributed by atoms with Gasteiger partial charge in [0, 0.05) is 12.0 Å². The highest BCUT2D eigenvalue weighted by molar-refractivity contribution is 5.89. The summed E-state index contributed by atoms with van der Waals surface area (Å²) < 4.78 is 27.5. The van der Waals surface area contributed by atoms with E-state index in [0.717, 1.165) is 12.5 Å². The van der Waals surface area contributed by atoms with Crippen LogP contribution in [-0.2, 0) is 23.7 Å². The first-order valence-corrected chi connectivity index (χ1v) is 9.54. The predicted octanol–water partition coefficient (Wildman–Crippen LogP) is 2.53. The number of esters is 2. The normalized spacial score (nSPS) is 25.8. The van der Waals surface area contributed by atoms with Gasteiger partial charge in [0.05, 0.1) is 38.1 Å². The monoisotopic (exact) mass is 390 g/mol. The number of fused-ring (bicyclic) bond motifs is 1. The number of rotatable bonds is 9. The molecule has 0 radical (unpaired) electrons. The number of carbonyl (C=O) groups is 2. The molecular formula is C21H26O7. The average molecular weight is 390 g/mol. The molecule has 0 saturated carbocycles. The minimum atomic E-state index is -0.419. The van der Waals surface area contributed by atoms with Gasteiger partial charge < -0.3 is 23.7 Å². The van der Waals surface area contributed by atoms with Crippen molar-refractivity contribution >= 4 is 11.9 Å². The number of carbonyl (C=O) groups excluding carboxylic acids is 2. The van der Waals surface area contributed by atoms with Gasteiger partial charge in [0.25, 0.3) is 0 Å². The molecule has 0 aromatic heterocycles. The van der Waals surface area contributed by atoms with Crippen LogP contribution in [0.2, 0.25) is 0 Å². The van der Waals surface area contributed by atoms with Gasteiger partial charge >= 0.3 is 11.9 Å². The SMILES string of the molecule is C=CC(=O)OCCCCOc1ccc(C(=O)O[C@@H]2COC3C2OC[C@@H]3C)cc1. The molecule has 4 atom stereocenters. The lowest BCUT2D eigenvalue weighted by Crippen LogP contribution is -2.32. The minimum Gasteiger partial charge on any atom is -0.494 e. The Kier molecular flexibility index (Phi) is 7.06. The van der Waals surface area contributed by atoms with Crippen molar-refractivity contribution in [1.82, 2.24) is 0 Å². The van der Waals surface area contributed by atoms with Crippen LogP contribution >= 0.6 is 0 Å². The smallest absolute Gasteiger partial charge is 0.338 e. The van der Waals surface area contributed by atoms with E-state index in [-0.39, 0.29) is 18.3 Å². The maximum atomic E-state index is 12.4. The van der Waals surface area contributed by atoms with Gasteiger partial charge in [-0.1, -0.05) is 13.5 Å². The van der Waals surface area contributed by atoms with Crippen LogP contribution in [0.4, 0.5) is 0 Å². The molecule has 2 heterocycles. The Hall–Kier alpha value is -2.38. The summed E-state index contributed by atoms with van der Waals surface area (Å²) in [4.78, 5) is 23.3. The molecule has 0 N–H and O–H groups in total. The molecule has 28 heavy (non-hydrogen) atoms. The first-order chi connectivity index (χ1) is 13.6. The second kappa shape index (κ2) is 9.71. The van der Waals surface area contributed by atoms with Crippen molar-refractivity contribution < 1.29 is 33.3 Å². The van der Waals surface area contributed by atoms with Crippen molar-refractivity contribution in [3.05, 3.63) is 42.5 Å². The predicted molar refractivity (Wildman–Crippen MR) is 100 cm³/mol. The topological polar surface area (TPSA) is 80.3 Å². The fourth-order valence-corrected chi connectivity index (χ4v) is 3.27. The van der Waals surface area contributed by atoms with Gasteiger partial charge in [-0.2, -0.15) is 0 Å². The maximum Gasteiger partial charge on any atom is 0.338 e. The number of ether oxygens (including phenoxy) is 5. The molecular weight excluding hydrogens is 364 g/mol. The molecule has 1 aromatic carbocycles. The summed E-state index contributed by atoms with van der Waals surface area (Å²) >= 11 is 0. The lowest BCUT2D eigenvalue weighted by Gasteiger charge is -2.17. The minimum absolute atomic E-state index is 0.00821. The van der Waals surface area contributed by atoms with E-state index in [1.807, 2.05) is 0 Å². The summed E-state index contributed by atoms with van der Waals surface area (Å²) in [6.45, 7) is 7.24. The van der Waals surface area contributed by atoms with E-state index in [2.05, 4.69) is 13.5 Å². The van der Waals surface area contributed by atoms with E-state index in [1.54, 1.807) is 24.3 Å². The lowest BCUT2D eigenvalue weighted by molar-refractivity contribution is -0.137. The molecule has 7 heteroatoms. The fraction of sp³-hybridized carbons (Fsp3) is 0.524. The largest absolute Gasteiger partial charge is 0.494 e. The highest BCUT2D eigenvalue weighted by Gasteiger charge is 2.47. The van der Waals surface area contributed by atoms with E-state index in [9.17, 15) is 9.59 Å². The van der Waals surface area contributed by atoms with Crippen LogP contribution in [0.3, 0.4) is 0 Å². The molecule has 2 fully saturated rings. The van der Waals surface area contributed by atoms with Crippen LogP contribution in [0.25, 0.3) is 0 Å². The summed E-state index contributed by atoms with van der Waals surface area (Å²) in [5.41, 5.74) is 0.457. The van der Waals surface area contributed by atoms with Crippen LogP contribution in [0.5, 0.6) is 5.75 Å². The van der Waals surface area contributed by atoms with Gasteiger partial charge in [-0.25, -0.2) is 9.59 Å². The molecule has 152 valence electrons. The van der Waals surface area contributed by atoms with Crippen molar-refractivity contribution in [2.75, 3.05) is 26.4 Å². The van der Waals surface area contributed by atoms with Crippen LogP contribution in [0, 0.1) is 5.92 Å². The number of benzene rings is 1. The third-order valence-electron chi connectivity index (χ3n) is 4.82. The van der Waals surface area contributed by atoms with Crippen molar-refractivity contribution in [3.8, 4) is 5.75 Å². The fourth-order valence-electron chi connectivity index (χ4n) is 3.27. The average Bonchev–Trinajstić information content (AvgIpc) is 3.28. The van der Waals surface area contributed by atoms with E-state index in [0.29, 0.717) is 50.1 Å². The van der Waals surface area contributed by atoms with Crippen molar-refractivity contribution in [1.29, 1.82) is 0 Å². The molecule has 0 aliphatic carbocycles. The Morgan fingerprint density at radius 3 is 2.57 bits per heavy atom. The van der Waals surface area contributed by atoms with Crippen LogP contribution in [0.1, 0.15) is 30.1 Å². The highest BCUT2D eigenvalue weighted by atomic mass is 16.6. The lowest BCUT2D eigenvalue weighted by atomic mass is 10.0. The van der Waals surface area contributed by atoms with Gasteiger partial charge in [-0.05, 0) is 37.1 Å². The molecule has 2 aliphatic rings. The summed E-state index contributed by atoms with van der Waals surface area (Å²) in [6, 6.07) is 6.82. The number of hydrogen-bond donors (Lipinski definition) is 0. The Morgan fingerprint density at radius 2 is 1.82 bits per heavy atom. The van der Waals surface area contributed by atoms with Gasteiger partial charge in [-0.15, -0.1) is 0 Å². The highest BCUT2D eigenvalue weighted by Crippen LogP contribution is 2.32. The quantitative estimate of drug-likeness (QED) is 0.364. The van der Waals surface area contributed by atoms with Crippen LogP contribution in [0.15, 0.2) is 36.9 Å². The second-order valence-electron chi connectivity index (χ2n) is 6.97. The zero-order valence-electron chi connectivity index (χ0n) is 16.0. The van der Waals surface area contributed by atoms with Gasteiger partial charge in [-0.3, -0.25) is 0 Å². The van der Waals surface area contributed by atoms with Crippen molar-refractivity contribution in [2.24, 2.45) is 5.92 Å². The summed E-state index contributed by atoms with van der Waals surface area (Å²) in [5, 5.41) is 0. The Bertz CT molecular complexity index is 684. The van der Waals surface area contributed by atoms with E-state index < -0.39 is 11.9 Å². The first-order valence-electron chi connectivity index (χ1n) is 9.54. The Balaban J connectivity index is 1.38. The van der Waals surface area contributed by atoms with E-state index >= 15 is 0 Å². The molecule has 0 amide bonds. The van der Waals surface area contributed by atoms with E-state index in [4.69, 9.17) is 23.7 Å². The molecule has 2 unspecified atom stereocenters. The third-order valence-corrected chi connectivity index (χ3v) is 4.82. The van der Waals surface area contributed by atoms with Gasteiger partial charge in [0.15, 0.2) is 6.10 Å². The zero-order valence-corrected chi connectivity index (χ0v) is 16.0. The molecule has 2 aliphatic heterocycles. The molecule has 3 rings (SSSR count). The Labute approximate surface area is 164 Å². The van der Waals surface area contributed by atoms with Crippen LogP contribution < -0.4 is 4.74 Å². The van der Waals surface area contributed by atoms with Crippen LogP contribution in [-0.4, -0.2) is 56.7 Å². The molecule has 1 aromatic rings. The number of hydrogen-bond acceptors (Lipinski definition) is 7. The Morgan fingerprint density at radius 1 is 1.11 bits per heavy atom. The number of unbranched alkanes of at least 4 members (excludes halogenated alkanes) is 1. The standard InChI is InChI=1S/C21H26O7/c1-3-18(22)25-11-5-4-10-24-16-8-6-15(7-9-16)21(23)28-17-13-27-19-14(2)12-26-20(17)19/h3,6-9,14,17,19-20H,1,4-5,10-13H2,2H3/t14-,17+,19?,20?/m0/s1. The molecule has 0 spiro atoms. The molecule has 7 nitrogen and oxygen atoms in total. The van der Waals surface area contributed by atoms with Gasteiger partial charge in [0.2, 0.25) is 0 Å². The molecule has 2 saturated heterocycles. The summed E-state index contributed by atoms with van der Waals surface area (Å²) in [6.07, 6.45) is 2.06. The first kappa shape index (κ1) is 20.4. The zero-order chi connectivity index (χ0) is 19.9. The van der Waals surface area contributed by atoms with Gasteiger partial charge in [0.1, 0.15) is 11.9 Å².